The van der Waals surface area contributed by atoms with Crippen LogP contribution in [-0.4, -0.2) is 31.4 Å². The summed E-state index contributed by atoms with van der Waals surface area (Å²) in [5.74, 6) is -1.30. The number of nitrogens with zero attached hydrogens (tertiary/aromatic N) is 3. The van der Waals surface area contributed by atoms with Gasteiger partial charge >= 0.3 is 11.7 Å². The zero-order valence-electron chi connectivity index (χ0n) is 16.5. The number of aromatic amines is 1. The molecule has 0 unspecified atom stereocenters. The molecule has 0 radical (unpaired) electrons. The van der Waals surface area contributed by atoms with Crippen LogP contribution in [0.3, 0.4) is 0 Å². The average molecular weight is 450 g/mol. The number of aromatic carboxylic acids is 1. The first-order valence-electron chi connectivity index (χ1n) is 9.65. The van der Waals surface area contributed by atoms with Crippen LogP contribution >= 0.6 is 11.6 Å². The van der Waals surface area contributed by atoms with E-state index >= 15 is 0 Å². The number of nitrogens with two attached hydrogens (primary N) is 1. The number of benzene rings is 2. The molecule has 0 saturated heterocycles. The van der Waals surface area contributed by atoms with Crippen LogP contribution in [0.25, 0.3) is 16.6 Å². The molecule has 5 rings (SSSR count). The molecule has 0 aliphatic carbocycles. The second kappa shape index (κ2) is 7.24. The van der Waals surface area contributed by atoms with Crippen molar-refractivity contribution in [2.24, 2.45) is 4.99 Å². The molecule has 1 aliphatic heterocycles. The molecule has 0 fully saturated rings. The molecule has 2 aromatic carbocycles. The maximum atomic E-state index is 13.2. The monoisotopic (exact) mass is 449 g/mol. The predicted octanol–water partition coefficient (Wildman–Crippen LogP) is 2.72. The van der Waals surface area contributed by atoms with Crippen LogP contribution in [0, 0.1) is 0 Å². The molecule has 0 atom stereocenters. The molecule has 0 amide bonds. The third-order valence-electron chi connectivity index (χ3n) is 5.38. The second-order valence-corrected chi connectivity index (χ2v) is 7.85. The summed E-state index contributed by atoms with van der Waals surface area (Å²) in [7, 11) is 0. The lowest BCUT2D eigenvalue weighted by Crippen LogP contribution is -2.35. The summed E-state index contributed by atoms with van der Waals surface area (Å²) in [5.41, 5.74) is 6.43. The summed E-state index contributed by atoms with van der Waals surface area (Å²) in [6.45, 7) is 0.153. The molecule has 1 aliphatic rings. The maximum absolute atomic E-state index is 13.2. The Balaban J connectivity index is 1.89. The number of carboxylic acid groups (broad SMARTS) is 1. The van der Waals surface area contributed by atoms with E-state index in [1.165, 1.54) is 16.8 Å². The van der Waals surface area contributed by atoms with Crippen molar-refractivity contribution in [3.05, 3.63) is 85.3 Å². The number of carboxylic acids is 1. The number of halogens is 1. The van der Waals surface area contributed by atoms with E-state index in [9.17, 15) is 19.5 Å². The lowest BCUT2D eigenvalue weighted by molar-refractivity contribution is 0.0686. The summed E-state index contributed by atoms with van der Waals surface area (Å²) in [4.78, 5) is 45.2. The van der Waals surface area contributed by atoms with E-state index < -0.39 is 17.2 Å². The number of anilines is 1. The van der Waals surface area contributed by atoms with Crippen molar-refractivity contribution in [1.29, 1.82) is 0 Å². The fourth-order valence-corrected chi connectivity index (χ4v) is 4.25. The molecule has 2 aromatic heterocycles. The molecule has 0 bridgehead atoms. The van der Waals surface area contributed by atoms with Crippen LogP contribution < -0.4 is 17.0 Å². The van der Waals surface area contributed by atoms with Crippen LogP contribution in [0.2, 0.25) is 5.02 Å². The smallest absolute Gasteiger partial charge is 0.354 e. The third kappa shape index (κ3) is 3.02. The lowest BCUT2D eigenvalue weighted by atomic mass is 10.2. The third-order valence-corrected chi connectivity index (χ3v) is 5.62. The van der Waals surface area contributed by atoms with Crippen molar-refractivity contribution in [1.82, 2.24) is 14.1 Å². The number of hydrogen-bond donors (Lipinski definition) is 3. The highest BCUT2D eigenvalue weighted by atomic mass is 35.5. The molecule has 0 spiro atoms. The van der Waals surface area contributed by atoms with E-state index in [0.29, 0.717) is 33.7 Å². The SMILES string of the molecule is Nc1cccc(Cn2c(C(=O)O)c(-n3c(=O)[nH]c4c(c3=O)N=CC4)c3cc(Cl)ccc32)c1. The van der Waals surface area contributed by atoms with E-state index in [1.54, 1.807) is 30.3 Å². The Morgan fingerprint density at radius 3 is 2.78 bits per heavy atom. The Morgan fingerprint density at radius 2 is 2.03 bits per heavy atom. The van der Waals surface area contributed by atoms with E-state index in [4.69, 9.17) is 17.3 Å². The summed E-state index contributed by atoms with van der Waals surface area (Å²) in [5, 5.41) is 10.8. The maximum Gasteiger partial charge on any atom is 0.354 e. The molecule has 4 aromatic rings. The van der Waals surface area contributed by atoms with Gasteiger partial charge in [0.25, 0.3) is 5.56 Å². The highest BCUT2D eigenvalue weighted by Crippen LogP contribution is 2.32. The zero-order chi connectivity index (χ0) is 22.6. The summed E-state index contributed by atoms with van der Waals surface area (Å²) < 4.78 is 2.35. The fraction of sp³-hybridized carbons (Fsp3) is 0.0909. The predicted molar refractivity (Wildman–Crippen MR) is 122 cm³/mol. The van der Waals surface area contributed by atoms with E-state index in [-0.39, 0.29) is 23.6 Å². The number of aliphatic imine (C=N–C) groups is 1. The van der Waals surface area contributed by atoms with Gasteiger partial charge in [0.2, 0.25) is 0 Å². The molecule has 9 nitrogen and oxygen atoms in total. The van der Waals surface area contributed by atoms with Gasteiger partial charge in [0.05, 0.1) is 16.9 Å². The first-order valence-corrected chi connectivity index (χ1v) is 10.0. The number of nitrogen functional groups attached to an aromatic ring is 1. The zero-order valence-corrected chi connectivity index (χ0v) is 17.3. The summed E-state index contributed by atoms with van der Waals surface area (Å²) in [6.07, 6.45) is 1.85. The van der Waals surface area contributed by atoms with Crippen LogP contribution in [0.4, 0.5) is 11.4 Å². The van der Waals surface area contributed by atoms with Gasteiger partial charge in [-0.1, -0.05) is 23.7 Å². The van der Waals surface area contributed by atoms with E-state index in [0.717, 1.165) is 10.1 Å². The van der Waals surface area contributed by atoms with Gasteiger partial charge in [0.1, 0.15) is 5.69 Å². The Hall–Kier alpha value is -4.11. The Morgan fingerprint density at radius 1 is 1.22 bits per heavy atom. The van der Waals surface area contributed by atoms with Gasteiger partial charge in [-0.3, -0.25) is 9.79 Å². The number of hydrogen-bond acceptors (Lipinski definition) is 5. The molecule has 32 heavy (non-hydrogen) atoms. The largest absolute Gasteiger partial charge is 0.477 e. The van der Waals surface area contributed by atoms with Gasteiger partial charge in [-0.2, -0.15) is 0 Å². The molecular weight excluding hydrogens is 434 g/mol. The van der Waals surface area contributed by atoms with Crippen molar-refractivity contribution in [2.75, 3.05) is 5.73 Å². The Kier molecular flexibility index (Phi) is 4.49. The highest BCUT2D eigenvalue weighted by molar-refractivity contribution is 6.31. The summed E-state index contributed by atoms with van der Waals surface area (Å²) in [6, 6.07) is 11.9. The van der Waals surface area contributed by atoms with E-state index in [1.807, 2.05) is 6.07 Å². The van der Waals surface area contributed by atoms with Gasteiger partial charge in [-0.25, -0.2) is 14.2 Å². The second-order valence-electron chi connectivity index (χ2n) is 7.41. The van der Waals surface area contributed by atoms with Crippen molar-refractivity contribution in [3.8, 4) is 5.69 Å². The van der Waals surface area contributed by atoms with Crippen LogP contribution in [0.5, 0.6) is 0 Å². The van der Waals surface area contributed by atoms with Crippen LogP contribution in [-0.2, 0) is 13.0 Å². The fourth-order valence-electron chi connectivity index (χ4n) is 4.07. The van der Waals surface area contributed by atoms with Gasteiger partial charge in [-0.15, -0.1) is 0 Å². The van der Waals surface area contributed by atoms with Gasteiger partial charge in [0.15, 0.2) is 5.69 Å². The number of H-pyrrole nitrogens is 1. The molecular formula is C22H16ClN5O4. The average Bonchev–Trinajstić information content (AvgIpc) is 3.31. The first kappa shape index (κ1) is 19.8. The number of carbonyl (C=O) groups is 1. The Bertz CT molecular complexity index is 1580. The van der Waals surface area contributed by atoms with Gasteiger partial charge < -0.3 is 20.4 Å². The standard InChI is InChI=1S/C22H16ClN5O4/c23-12-4-5-16-14(9-12)18(28-20(29)17-15(6-7-25-17)26-22(28)32)19(21(30)31)27(16)10-11-2-1-3-13(24)8-11/h1-5,7-9H,6,10,24H2,(H,26,32)(H,30,31). The highest BCUT2D eigenvalue weighted by Gasteiger charge is 2.28. The normalized spacial score (nSPS) is 12.4. The topological polar surface area (TPSA) is 135 Å². The van der Waals surface area contributed by atoms with Crippen molar-refractivity contribution in [2.45, 2.75) is 13.0 Å². The lowest BCUT2D eigenvalue weighted by Gasteiger charge is -2.11. The minimum Gasteiger partial charge on any atom is -0.477 e. The Labute approximate surface area is 185 Å². The van der Waals surface area contributed by atoms with Crippen molar-refractivity contribution < 1.29 is 9.90 Å². The molecule has 0 saturated carbocycles. The number of nitrogens with one attached hydrogen (secondary N) is 1. The molecule has 3 heterocycles. The quantitative estimate of drug-likeness (QED) is 0.411. The van der Waals surface area contributed by atoms with Crippen molar-refractivity contribution in [3.63, 3.8) is 0 Å². The minimum absolute atomic E-state index is 0.0601. The molecule has 4 N–H and O–H groups in total. The molecule has 10 heteroatoms. The van der Waals surface area contributed by atoms with Crippen LogP contribution in [0.1, 0.15) is 21.7 Å². The number of fused-ring (bicyclic) bond motifs is 2. The van der Waals surface area contributed by atoms with Gasteiger partial charge in [0, 0.05) is 35.3 Å². The van der Waals surface area contributed by atoms with Gasteiger partial charge in [-0.05, 0) is 35.9 Å². The van der Waals surface area contributed by atoms with Crippen molar-refractivity contribution >= 4 is 46.1 Å². The first-order chi connectivity index (χ1) is 15.3. The van der Waals surface area contributed by atoms with E-state index in [2.05, 4.69) is 9.98 Å². The molecule has 160 valence electrons. The number of aromatic nitrogens is 3. The number of rotatable bonds is 4. The van der Waals surface area contributed by atoms with Crippen LogP contribution in [0.15, 0.2) is 57.0 Å². The minimum atomic E-state index is -1.30. The summed E-state index contributed by atoms with van der Waals surface area (Å²) >= 11 is 6.20.